The number of halogens is 3. The maximum atomic E-state index is 12.4. The van der Waals surface area contributed by atoms with Gasteiger partial charge in [-0.2, -0.15) is 0 Å². The molecule has 0 heterocycles. The van der Waals surface area contributed by atoms with Crippen molar-refractivity contribution in [3.8, 4) is 0 Å². The first-order valence-corrected chi connectivity index (χ1v) is 7.37. The second kappa shape index (κ2) is 4.99. The normalized spacial score (nSPS) is 14.8. The lowest BCUT2D eigenvalue weighted by Crippen LogP contribution is -2.14. The van der Waals surface area contributed by atoms with Crippen molar-refractivity contribution in [2.45, 2.75) is 5.92 Å². The Balaban J connectivity index is 2.19. The summed E-state index contributed by atoms with van der Waals surface area (Å²) in [5.74, 6) is -1.45. The lowest BCUT2D eigenvalue weighted by molar-refractivity contribution is 0.0890. The third-order valence-corrected chi connectivity index (χ3v) is 4.40. The summed E-state index contributed by atoms with van der Waals surface area (Å²) in [5.41, 5.74) is 1.23. The second-order valence-electron chi connectivity index (χ2n) is 4.49. The minimum Gasteiger partial charge on any atom is -0.293 e. The molecule has 100 valence electrons. The summed E-state index contributed by atoms with van der Waals surface area (Å²) in [7, 11) is 0. The van der Waals surface area contributed by atoms with Crippen molar-refractivity contribution in [1.29, 1.82) is 0 Å². The van der Waals surface area contributed by atoms with Crippen LogP contribution in [0.2, 0.25) is 10.0 Å². The zero-order valence-electron chi connectivity index (χ0n) is 9.99. The lowest BCUT2D eigenvalue weighted by atomic mass is 9.94. The largest absolute Gasteiger partial charge is 0.293 e. The van der Waals surface area contributed by atoms with Crippen molar-refractivity contribution in [3.05, 3.63) is 67.6 Å². The molecular formula is C15H7BrCl2O2. The van der Waals surface area contributed by atoms with Gasteiger partial charge in [-0.3, -0.25) is 9.59 Å². The molecule has 0 fully saturated rings. The Hall–Kier alpha value is -1.16. The summed E-state index contributed by atoms with van der Waals surface area (Å²) in [6.07, 6.45) is 0. The summed E-state index contributed by atoms with van der Waals surface area (Å²) < 4.78 is 0.701. The van der Waals surface area contributed by atoms with E-state index in [1.807, 2.05) is 0 Å². The molecular weight excluding hydrogens is 363 g/mol. The van der Waals surface area contributed by atoms with E-state index in [0.29, 0.717) is 31.2 Å². The number of Topliss-reactive ketones (excluding diaryl/α,β-unsaturated/α-hetero) is 2. The fourth-order valence-electron chi connectivity index (χ4n) is 2.43. The van der Waals surface area contributed by atoms with Gasteiger partial charge in [0.2, 0.25) is 0 Å². The van der Waals surface area contributed by atoms with Crippen molar-refractivity contribution in [1.82, 2.24) is 0 Å². The molecule has 20 heavy (non-hydrogen) atoms. The number of hydrogen-bond acceptors (Lipinski definition) is 2. The number of ketones is 2. The van der Waals surface area contributed by atoms with Gasteiger partial charge in [0.15, 0.2) is 11.6 Å². The number of hydrogen-bond donors (Lipinski definition) is 0. The molecule has 0 saturated carbocycles. The Morgan fingerprint density at radius 1 is 0.900 bits per heavy atom. The van der Waals surface area contributed by atoms with Gasteiger partial charge < -0.3 is 0 Å². The summed E-state index contributed by atoms with van der Waals surface area (Å²) >= 11 is 15.6. The number of carbonyl (C=O) groups excluding carboxylic acids is 2. The molecule has 0 aromatic heterocycles. The van der Waals surface area contributed by atoms with Crippen LogP contribution in [0.3, 0.4) is 0 Å². The van der Waals surface area contributed by atoms with Crippen LogP contribution in [0.5, 0.6) is 0 Å². The smallest absolute Gasteiger partial charge is 0.178 e. The minimum absolute atomic E-state index is 0.253. The predicted octanol–water partition coefficient (Wildman–Crippen LogP) is 4.92. The summed E-state index contributed by atoms with van der Waals surface area (Å²) in [6.45, 7) is 0. The molecule has 0 N–H and O–H groups in total. The van der Waals surface area contributed by atoms with Gasteiger partial charge in [-0.15, -0.1) is 0 Å². The maximum absolute atomic E-state index is 12.4. The van der Waals surface area contributed by atoms with Crippen LogP contribution in [-0.4, -0.2) is 11.6 Å². The summed E-state index contributed by atoms with van der Waals surface area (Å²) in [5, 5.41) is 0.618. The number of rotatable bonds is 1. The molecule has 1 aliphatic rings. The zero-order valence-corrected chi connectivity index (χ0v) is 13.1. The lowest BCUT2D eigenvalue weighted by Gasteiger charge is -2.12. The highest BCUT2D eigenvalue weighted by atomic mass is 79.9. The van der Waals surface area contributed by atoms with Gasteiger partial charge in [0.1, 0.15) is 5.92 Å². The predicted molar refractivity (Wildman–Crippen MR) is 82.0 cm³/mol. The molecule has 2 aromatic rings. The second-order valence-corrected chi connectivity index (χ2v) is 6.22. The van der Waals surface area contributed by atoms with Crippen LogP contribution in [-0.2, 0) is 0 Å². The zero-order chi connectivity index (χ0) is 14.4. The highest BCUT2D eigenvalue weighted by Crippen LogP contribution is 2.41. The fourth-order valence-corrected chi connectivity index (χ4v) is 3.86. The van der Waals surface area contributed by atoms with Gasteiger partial charge in [0, 0.05) is 31.2 Å². The summed E-state index contributed by atoms with van der Waals surface area (Å²) in [6, 6.07) is 10.0. The van der Waals surface area contributed by atoms with E-state index < -0.39 is 5.92 Å². The molecule has 0 unspecified atom stereocenters. The first kappa shape index (κ1) is 13.8. The van der Waals surface area contributed by atoms with Gasteiger partial charge in [-0.1, -0.05) is 63.4 Å². The van der Waals surface area contributed by atoms with Crippen molar-refractivity contribution in [2.24, 2.45) is 0 Å². The van der Waals surface area contributed by atoms with Gasteiger partial charge in [-0.25, -0.2) is 0 Å². The van der Waals surface area contributed by atoms with Gasteiger partial charge >= 0.3 is 0 Å². The molecule has 0 bridgehead atoms. The van der Waals surface area contributed by atoms with Crippen LogP contribution < -0.4 is 0 Å². The van der Waals surface area contributed by atoms with Crippen LogP contribution in [0.1, 0.15) is 32.2 Å². The molecule has 0 atom stereocenters. The maximum Gasteiger partial charge on any atom is 0.178 e. The van der Waals surface area contributed by atoms with E-state index in [0.717, 1.165) is 0 Å². The summed E-state index contributed by atoms with van der Waals surface area (Å²) in [4.78, 5) is 24.9. The third-order valence-electron chi connectivity index (χ3n) is 3.31. The van der Waals surface area contributed by atoms with Crippen molar-refractivity contribution in [2.75, 3.05) is 0 Å². The van der Waals surface area contributed by atoms with E-state index in [-0.39, 0.29) is 11.6 Å². The number of carbonyl (C=O) groups is 2. The van der Waals surface area contributed by atoms with E-state index in [1.165, 1.54) is 0 Å². The topological polar surface area (TPSA) is 34.1 Å². The highest BCUT2D eigenvalue weighted by molar-refractivity contribution is 9.10. The van der Waals surface area contributed by atoms with Crippen LogP contribution in [0, 0.1) is 0 Å². The Kier molecular flexibility index (Phi) is 3.44. The van der Waals surface area contributed by atoms with Crippen molar-refractivity contribution >= 4 is 50.7 Å². The van der Waals surface area contributed by atoms with E-state index in [9.17, 15) is 9.59 Å². The van der Waals surface area contributed by atoms with E-state index in [1.54, 1.807) is 36.4 Å². The molecule has 2 nitrogen and oxygen atoms in total. The van der Waals surface area contributed by atoms with Crippen LogP contribution in [0.4, 0.5) is 0 Å². The number of benzene rings is 2. The molecule has 2 aromatic carbocycles. The molecule has 0 aliphatic heterocycles. The first-order valence-electron chi connectivity index (χ1n) is 5.82. The SMILES string of the molecule is O=C1c2ccccc2C(=O)C1c1c(Cl)cc(Br)cc1Cl. The van der Waals surface area contributed by atoms with Crippen LogP contribution >= 0.6 is 39.1 Å². The molecule has 0 radical (unpaired) electrons. The van der Waals surface area contributed by atoms with Gasteiger partial charge in [-0.05, 0) is 12.1 Å². The average molecular weight is 370 g/mol. The van der Waals surface area contributed by atoms with Crippen LogP contribution in [0.15, 0.2) is 40.9 Å². The molecule has 5 heteroatoms. The van der Waals surface area contributed by atoms with Crippen molar-refractivity contribution in [3.63, 3.8) is 0 Å². The third kappa shape index (κ3) is 2.01. The molecule has 0 saturated heterocycles. The Bertz CT molecular complexity index is 697. The average Bonchev–Trinajstić information content (AvgIpc) is 2.64. The van der Waals surface area contributed by atoms with Crippen molar-refractivity contribution < 1.29 is 9.59 Å². The van der Waals surface area contributed by atoms with E-state index in [2.05, 4.69) is 15.9 Å². The first-order chi connectivity index (χ1) is 9.50. The Morgan fingerprint density at radius 2 is 1.35 bits per heavy atom. The van der Waals surface area contributed by atoms with E-state index >= 15 is 0 Å². The van der Waals surface area contributed by atoms with Crippen LogP contribution in [0.25, 0.3) is 0 Å². The monoisotopic (exact) mass is 368 g/mol. The minimum atomic E-state index is -0.944. The fraction of sp³-hybridized carbons (Fsp3) is 0.0667. The van der Waals surface area contributed by atoms with E-state index in [4.69, 9.17) is 23.2 Å². The Morgan fingerprint density at radius 3 is 1.80 bits per heavy atom. The van der Waals surface area contributed by atoms with Gasteiger partial charge in [0.25, 0.3) is 0 Å². The highest BCUT2D eigenvalue weighted by Gasteiger charge is 2.41. The molecule has 0 amide bonds. The molecule has 1 aliphatic carbocycles. The Labute approximate surface area is 133 Å². The number of fused-ring (bicyclic) bond motifs is 1. The standard InChI is InChI=1S/C15H7BrCl2O2/c16-7-5-10(17)12(11(18)6-7)13-14(19)8-3-1-2-4-9(8)15(13)20/h1-6,13H. The molecule has 3 rings (SSSR count). The van der Waals surface area contributed by atoms with Gasteiger partial charge in [0.05, 0.1) is 0 Å². The molecule has 0 spiro atoms. The quantitative estimate of drug-likeness (QED) is 0.668.